The van der Waals surface area contributed by atoms with Gasteiger partial charge >= 0.3 is 0 Å². The number of benzene rings is 2. The van der Waals surface area contributed by atoms with Gasteiger partial charge < -0.3 is 9.84 Å². The lowest BCUT2D eigenvalue weighted by Gasteiger charge is -2.08. The van der Waals surface area contributed by atoms with E-state index in [1.807, 2.05) is 6.07 Å². The van der Waals surface area contributed by atoms with Gasteiger partial charge in [-0.2, -0.15) is 5.26 Å². The smallest absolute Gasteiger partial charge is 0.271 e. The fourth-order valence-corrected chi connectivity index (χ4v) is 1.64. The van der Waals surface area contributed by atoms with E-state index in [-0.39, 0.29) is 23.6 Å². The summed E-state index contributed by atoms with van der Waals surface area (Å²) < 4.78 is 5.52. The minimum atomic E-state index is -0.572. The average molecular weight is 270 g/mol. The van der Waals surface area contributed by atoms with Crippen molar-refractivity contribution in [1.29, 1.82) is 5.26 Å². The second kappa shape index (κ2) is 5.82. The highest BCUT2D eigenvalue weighted by Gasteiger charge is 2.12. The van der Waals surface area contributed by atoms with E-state index in [0.29, 0.717) is 11.3 Å². The number of aliphatic hydroxyl groups excluding tert-OH is 1. The standard InChI is InChI=1S/C14H10N2O4/c15-8-11-7-12(16(18)19)4-5-14(11)20-13-3-1-2-10(6-13)9-17/h1-7,17H,9H2. The number of nitrogens with zero attached hydrogens (tertiary/aromatic N) is 2. The highest BCUT2D eigenvalue weighted by Crippen LogP contribution is 2.28. The van der Waals surface area contributed by atoms with Crippen LogP contribution in [0, 0.1) is 21.4 Å². The lowest BCUT2D eigenvalue weighted by molar-refractivity contribution is -0.384. The molecule has 2 aromatic carbocycles. The Morgan fingerprint density at radius 1 is 1.30 bits per heavy atom. The zero-order valence-corrected chi connectivity index (χ0v) is 10.3. The second-order valence-electron chi connectivity index (χ2n) is 3.96. The summed E-state index contributed by atoms with van der Waals surface area (Å²) >= 11 is 0. The first-order valence-corrected chi connectivity index (χ1v) is 5.70. The Labute approximate surface area is 114 Å². The Bertz CT molecular complexity index is 692. The summed E-state index contributed by atoms with van der Waals surface area (Å²) in [4.78, 5) is 10.1. The molecule has 6 nitrogen and oxygen atoms in total. The number of hydrogen-bond donors (Lipinski definition) is 1. The van der Waals surface area contributed by atoms with Gasteiger partial charge in [0, 0.05) is 12.1 Å². The molecule has 0 bridgehead atoms. The summed E-state index contributed by atoms with van der Waals surface area (Å²) in [6, 6.07) is 12.4. The summed E-state index contributed by atoms with van der Waals surface area (Å²) in [5, 5.41) is 28.7. The maximum atomic E-state index is 10.6. The molecule has 0 heterocycles. The highest BCUT2D eigenvalue weighted by molar-refractivity contribution is 5.51. The SMILES string of the molecule is N#Cc1cc([N+](=O)[O-])ccc1Oc1cccc(CO)c1. The van der Waals surface area contributed by atoms with Crippen LogP contribution in [-0.2, 0) is 6.61 Å². The molecule has 2 rings (SSSR count). The number of aliphatic hydroxyl groups is 1. The molecule has 0 fully saturated rings. The van der Waals surface area contributed by atoms with Gasteiger partial charge in [0.05, 0.1) is 11.5 Å². The van der Waals surface area contributed by atoms with Crippen LogP contribution in [-0.4, -0.2) is 10.0 Å². The van der Waals surface area contributed by atoms with E-state index < -0.39 is 4.92 Å². The molecule has 0 atom stereocenters. The van der Waals surface area contributed by atoms with Crippen molar-refractivity contribution in [3.05, 3.63) is 63.7 Å². The van der Waals surface area contributed by atoms with Gasteiger partial charge in [0.1, 0.15) is 23.1 Å². The van der Waals surface area contributed by atoms with Crippen molar-refractivity contribution in [2.75, 3.05) is 0 Å². The molecule has 0 aliphatic carbocycles. The third kappa shape index (κ3) is 2.91. The van der Waals surface area contributed by atoms with Gasteiger partial charge in [-0.15, -0.1) is 0 Å². The van der Waals surface area contributed by atoms with Crippen LogP contribution in [0.5, 0.6) is 11.5 Å². The molecule has 20 heavy (non-hydrogen) atoms. The quantitative estimate of drug-likeness (QED) is 0.680. The number of non-ortho nitro benzene ring substituents is 1. The topological polar surface area (TPSA) is 96.4 Å². The van der Waals surface area contributed by atoms with E-state index in [2.05, 4.69) is 0 Å². The van der Waals surface area contributed by atoms with Crippen molar-refractivity contribution in [2.24, 2.45) is 0 Å². The van der Waals surface area contributed by atoms with E-state index in [9.17, 15) is 10.1 Å². The van der Waals surface area contributed by atoms with Gasteiger partial charge in [-0.3, -0.25) is 10.1 Å². The number of nitro groups is 1. The van der Waals surface area contributed by atoms with E-state index in [1.54, 1.807) is 24.3 Å². The minimum absolute atomic E-state index is 0.0774. The van der Waals surface area contributed by atoms with Gasteiger partial charge in [-0.25, -0.2) is 0 Å². The van der Waals surface area contributed by atoms with Gasteiger partial charge in [-0.1, -0.05) is 12.1 Å². The second-order valence-corrected chi connectivity index (χ2v) is 3.96. The lowest BCUT2D eigenvalue weighted by atomic mass is 10.2. The van der Waals surface area contributed by atoms with Crippen molar-refractivity contribution >= 4 is 5.69 Å². The molecule has 100 valence electrons. The zero-order valence-electron chi connectivity index (χ0n) is 10.3. The largest absolute Gasteiger partial charge is 0.456 e. The summed E-state index contributed by atoms with van der Waals surface area (Å²) in [5.74, 6) is 0.676. The highest BCUT2D eigenvalue weighted by atomic mass is 16.6. The fraction of sp³-hybridized carbons (Fsp3) is 0.0714. The molecular weight excluding hydrogens is 260 g/mol. The molecule has 0 saturated carbocycles. The number of nitriles is 1. The molecule has 1 N–H and O–H groups in total. The molecule has 0 unspecified atom stereocenters. The Morgan fingerprint density at radius 2 is 2.10 bits per heavy atom. The Balaban J connectivity index is 2.33. The van der Waals surface area contributed by atoms with Crippen LogP contribution in [0.3, 0.4) is 0 Å². The summed E-state index contributed by atoms with van der Waals surface area (Å²) in [5.41, 5.74) is 0.578. The van der Waals surface area contributed by atoms with E-state index in [0.717, 1.165) is 6.07 Å². The van der Waals surface area contributed by atoms with E-state index in [4.69, 9.17) is 15.1 Å². The Kier molecular flexibility index (Phi) is 3.93. The average Bonchev–Trinajstić information content (AvgIpc) is 2.47. The Morgan fingerprint density at radius 3 is 2.75 bits per heavy atom. The molecule has 0 aliphatic rings. The van der Waals surface area contributed by atoms with Crippen molar-refractivity contribution in [2.45, 2.75) is 6.61 Å². The summed E-state index contributed by atoms with van der Waals surface area (Å²) in [6.07, 6.45) is 0. The molecule has 0 spiro atoms. The lowest BCUT2D eigenvalue weighted by Crippen LogP contribution is -1.93. The fourth-order valence-electron chi connectivity index (χ4n) is 1.64. The first kappa shape index (κ1) is 13.5. The van der Waals surface area contributed by atoms with Crippen LogP contribution in [0.2, 0.25) is 0 Å². The van der Waals surface area contributed by atoms with Crippen LogP contribution in [0.25, 0.3) is 0 Å². The van der Waals surface area contributed by atoms with Gasteiger partial charge in [0.25, 0.3) is 5.69 Å². The van der Waals surface area contributed by atoms with Crippen LogP contribution >= 0.6 is 0 Å². The molecule has 0 radical (unpaired) electrons. The minimum Gasteiger partial charge on any atom is -0.456 e. The molecule has 0 aromatic heterocycles. The Hall–Kier alpha value is -2.91. The molecule has 0 amide bonds. The van der Waals surface area contributed by atoms with Crippen molar-refractivity contribution in [1.82, 2.24) is 0 Å². The first-order valence-electron chi connectivity index (χ1n) is 5.70. The summed E-state index contributed by atoms with van der Waals surface area (Å²) in [7, 11) is 0. The van der Waals surface area contributed by atoms with Crippen LogP contribution in [0.1, 0.15) is 11.1 Å². The number of hydrogen-bond acceptors (Lipinski definition) is 5. The molecule has 6 heteroatoms. The van der Waals surface area contributed by atoms with Crippen LogP contribution < -0.4 is 4.74 Å². The normalized spacial score (nSPS) is 9.80. The molecule has 0 aliphatic heterocycles. The van der Waals surface area contributed by atoms with E-state index >= 15 is 0 Å². The maximum Gasteiger partial charge on any atom is 0.271 e. The maximum absolute atomic E-state index is 10.6. The van der Waals surface area contributed by atoms with Crippen molar-refractivity contribution in [3.63, 3.8) is 0 Å². The monoisotopic (exact) mass is 270 g/mol. The molecular formula is C14H10N2O4. The predicted octanol–water partition coefficient (Wildman–Crippen LogP) is 2.75. The number of nitro benzene ring substituents is 1. The van der Waals surface area contributed by atoms with E-state index in [1.165, 1.54) is 12.1 Å². The van der Waals surface area contributed by atoms with Crippen LogP contribution in [0.4, 0.5) is 5.69 Å². The van der Waals surface area contributed by atoms with Gasteiger partial charge in [0.15, 0.2) is 0 Å². The number of rotatable bonds is 4. The zero-order chi connectivity index (χ0) is 14.5. The predicted molar refractivity (Wildman–Crippen MR) is 70.3 cm³/mol. The molecule has 0 saturated heterocycles. The van der Waals surface area contributed by atoms with Crippen molar-refractivity contribution < 1.29 is 14.8 Å². The molecule has 2 aromatic rings. The third-order valence-electron chi connectivity index (χ3n) is 2.60. The first-order chi connectivity index (χ1) is 9.63. The summed E-state index contributed by atoms with van der Waals surface area (Å²) in [6.45, 7) is -0.122. The van der Waals surface area contributed by atoms with Gasteiger partial charge in [0.2, 0.25) is 0 Å². The van der Waals surface area contributed by atoms with Crippen molar-refractivity contribution in [3.8, 4) is 17.6 Å². The number of ether oxygens (including phenoxy) is 1. The third-order valence-corrected chi connectivity index (χ3v) is 2.60. The van der Waals surface area contributed by atoms with Gasteiger partial charge in [-0.05, 0) is 23.8 Å². The van der Waals surface area contributed by atoms with Crippen LogP contribution in [0.15, 0.2) is 42.5 Å².